The lowest BCUT2D eigenvalue weighted by Gasteiger charge is -2.32. The van der Waals surface area contributed by atoms with Gasteiger partial charge in [0.25, 0.3) is 5.78 Å². The van der Waals surface area contributed by atoms with Gasteiger partial charge in [0.1, 0.15) is 12.1 Å². The van der Waals surface area contributed by atoms with Crippen LogP contribution in [0.4, 0.5) is 5.82 Å². The summed E-state index contributed by atoms with van der Waals surface area (Å²) in [5.74, 6) is 3.17. The molecular formula is C20H21N7O2. The molecule has 0 radical (unpaired) electrons. The largest absolute Gasteiger partial charge is 0.378 e. The van der Waals surface area contributed by atoms with Crippen molar-refractivity contribution >= 4 is 11.6 Å². The molecule has 0 bridgehead atoms. The molecular weight excluding hydrogens is 370 g/mol. The topological polar surface area (TPSA) is 94.5 Å². The molecule has 1 aliphatic rings. The normalized spacial score (nSPS) is 15.3. The molecule has 0 saturated carbocycles. The maximum absolute atomic E-state index is 5.57. The average molecular weight is 391 g/mol. The highest BCUT2D eigenvalue weighted by molar-refractivity contribution is 5.53. The number of nitrogens with zero attached hydrogens (tertiary/aromatic N) is 7. The highest BCUT2D eigenvalue weighted by atomic mass is 16.5. The standard InChI is InChI=1S/C20H21N7O2/c1-28-12-16-11-17(27-20(23-16)21-13-22-27)26-9-7-15(8-10-26)19-24-18(25-29-19)14-5-3-2-4-6-14/h2-6,11,13,15H,7-10,12H2,1H3. The second kappa shape index (κ2) is 7.59. The predicted molar refractivity (Wildman–Crippen MR) is 105 cm³/mol. The molecule has 9 nitrogen and oxygen atoms in total. The summed E-state index contributed by atoms with van der Waals surface area (Å²) in [7, 11) is 1.66. The van der Waals surface area contributed by atoms with Crippen LogP contribution in [0.15, 0.2) is 47.2 Å². The lowest BCUT2D eigenvalue weighted by Crippen LogP contribution is -2.34. The van der Waals surface area contributed by atoms with Crippen LogP contribution in [0, 0.1) is 0 Å². The van der Waals surface area contributed by atoms with Crippen molar-refractivity contribution in [2.75, 3.05) is 25.1 Å². The molecule has 3 aromatic heterocycles. The third kappa shape index (κ3) is 3.44. The van der Waals surface area contributed by atoms with Gasteiger partial charge in [-0.1, -0.05) is 35.5 Å². The van der Waals surface area contributed by atoms with Crippen LogP contribution in [-0.2, 0) is 11.3 Å². The number of ether oxygens (including phenoxy) is 1. The SMILES string of the molecule is COCc1cc(N2CCC(c3nc(-c4ccccc4)no3)CC2)n2ncnc2n1. The Morgan fingerprint density at radius 2 is 1.97 bits per heavy atom. The number of hydrogen-bond acceptors (Lipinski definition) is 8. The van der Waals surface area contributed by atoms with Crippen LogP contribution < -0.4 is 4.90 Å². The van der Waals surface area contributed by atoms with E-state index in [1.165, 1.54) is 6.33 Å². The number of anilines is 1. The molecule has 1 aromatic carbocycles. The van der Waals surface area contributed by atoms with Gasteiger partial charge in [0, 0.05) is 37.7 Å². The molecule has 0 aliphatic carbocycles. The molecule has 29 heavy (non-hydrogen) atoms. The molecule has 4 heterocycles. The van der Waals surface area contributed by atoms with E-state index in [4.69, 9.17) is 9.26 Å². The van der Waals surface area contributed by atoms with Crippen LogP contribution in [0.2, 0.25) is 0 Å². The van der Waals surface area contributed by atoms with E-state index in [1.807, 2.05) is 36.4 Å². The van der Waals surface area contributed by atoms with E-state index < -0.39 is 0 Å². The quantitative estimate of drug-likeness (QED) is 0.512. The lowest BCUT2D eigenvalue weighted by molar-refractivity contribution is 0.181. The van der Waals surface area contributed by atoms with Gasteiger partial charge in [-0.2, -0.15) is 19.6 Å². The first-order valence-electron chi connectivity index (χ1n) is 9.64. The number of benzene rings is 1. The predicted octanol–water partition coefficient (Wildman–Crippen LogP) is 2.70. The number of fused-ring (bicyclic) bond motifs is 1. The van der Waals surface area contributed by atoms with Gasteiger partial charge in [0.05, 0.1) is 12.3 Å². The summed E-state index contributed by atoms with van der Waals surface area (Å²) in [6, 6.07) is 11.9. The van der Waals surface area contributed by atoms with Gasteiger partial charge in [-0.3, -0.25) is 0 Å². The van der Waals surface area contributed by atoms with E-state index in [1.54, 1.807) is 11.6 Å². The fourth-order valence-electron chi connectivity index (χ4n) is 3.75. The molecule has 148 valence electrons. The van der Waals surface area contributed by atoms with E-state index in [0.717, 1.165) is 43.0 Å². The summed E-state index contributed by atoms with van der Waals surface area (Å²) in [6.45, 7) is 2.16. The van der Waals surface area contributed by atoms with Crippen LogP contribution in [0.3, 0.4) is 0 Å². The monoisotopic (exact) mass is 391 g/mol. The fraction of sp³-hybridized carbons (Fsp3) is 0.350. The minimum absolute atomic E-state index is 0.253. The highest BCUT2D eigenvalue weighted by Gasteiger charge is 2.27. The van der Waals surface area contributed by atoms with Gasteiger partial charge in [-0.25, -0.2) is 4.98 Å². The van der Waals surface area contributed by atoms with Crippen LogP contribution in [-0.4, -0.2) is 49.9 Å². The molecule has 0 unspecified atom stereocenters. The zero-order valence-corrected chi connectivity index (χ0v) is 16.1. The minimum atomic E-state index is 0.253. The number of rotatable bonds is 5. The maximum Gasteiger partial charge on any atom is 0.254 e. The van der Waals surface area contributed by atoms with Gasteiger partial charge in [0.2, 0.25) is 11.7 Å². The first-order chi connectivity index (χ1) is 14.3. The highest BCUT2D eigenvalue weighted by Crippen LogP contribution is 2.31. The molecule has 1 fully saturated rings. The van der Waals surface area contributed by atoms with Gasteiger partial charge in [-0.05, 0) is 12.8 Å². The zero-order chi connectivity index (χ0) is 19.6. The number of piperidine rings is 1. The molecule has 5 rings (SSSR count). The van der Waals surface area contributed by atoms with Crippen LogP contribution in [0.5, 0.6) is 0 Å². The summed E-state index contributed by atoms with van der Waals surface area (Å²) in [6.07, 6.45) is 3.38. The van der Waals surface area contributed by atoms with Crippen LogP contribution >= 0.6 is 0 Å². The van der Waals surface area contributed by atoms with Gasteiger partial charge in [0.15, 0.2) is 0 Å². The first-order valence-corrected chi connectivity index (χ1v) is 9.64. The summed E-state index contributed by atoms with van der Waals surface area (Å²) >= 11 is 0. The van der Waals surface area contributed by atoms with Gasteiger partial charge < -0.3 is 14.2 Å². The van der Waals surface area contributed by atoms with E-state index in [2.05, 4.69) is 30.1 Å². The summed E-state index contributed by atoms with van der Waals surface area (Å²) in [5.41, 5.74) is 1.81. The van der Waals surface area contributed by atoms with Crippen LogP contribution in [0.25, 0.3) is 17.2 Å². The first kappa shape index (κ1) is 17.7. The third-order valence-corrected chi connectivity index (χ3v) is 5.22. The van der Waals surface area contributed by atoms with E-state index in [9.17, 15) is 0 Å². The van der Waals surface area contributed by atoms with Gasteiger partial charge in [-0.15, -0.1) is 0 Å². The molecule has 9 heteroatoms. The lowest BCUT2D eigenvalue weighted by atomic mass is 9.96. The third-order valence-electron chi connectivity index (χ3n) is 5.22. The Morgan fingerprint density at radius 1 is 1.14 bits per heavy atom. The van der Waals surface area contributed by atoms with Crippen molar-refractivity contribution in [2.45, 2.75) is 25.4 Å². The molecule has 0 atom stereocenters. The molecule has 0 N–H and O–H groups in total. The number of methoxy groups -OCH3 is 1. The fourth-order valence-corrected chi connectivity index (χ4v) is 3.75. The average Bonchev–Trinajstić information content (AvgIpc) is 3.44. The van der Waals surface area contributed by atoms with Crippen molar-refractivity contribution in [3.05, 3.63) is 54.3 Å². The van der Waals surface area contributed by atoms with Crippen LogP contribution in [0.1, 0.15) is 30.3 Å². The summed E-state index contributed by atoms with van der Waals surface area (Å²) in [4.78, 5) is 15.6. The summed E-state index contributed by atoms with van der Waals surface area (Å²) < 4.78 is 12.6. The molecule has 1 aliphatic heterocycles. The number of hydrogen-bond donors (Lipinski definition) is 0. The zero-order valence-electron chi connectivity index (χ0n) is 16.1. The smallest absolute Gasteiger partial charge is 0.254 e. The maximum atomic E-state index is 5.57. The molecule has 0 spiro atoms. The minimum Gasteiger partial charge on any atom is -0.378 e. The Balaban J connectivity index is 1.33. The second-order valence-electron chi connectivity index (χ2n) is 7.09. The Labute approximate surface area is 167 Å². The van der Waals surface area contributed by atoms with Crippen molar-refractivity contribution in [3.63, 3.8) is 0 Å². The second-order valence-corrected chi connectivity index (χ2v) is 7.09. The van der Waals surface area contributed by atoms with Crippen molar-refractivity contribution < 1.29 is 9.26 Å². The van der Waals surface area contributed by atoms with Crippen molar-refractivity contribution in [2.24, 2.45) is 0 Å². The Morgan fingerprint density at radius 3 is 2.76 bits per heavy atom. The summed E-state index contributed by atoms with van der Waals surface area (Å²) in [5, 5.41) is 8.49. The van der Waals surface area contributed by atoms with E-state index >= 15 is 0 Å². The van der Waals surface area contributed by atoms with Crippen molar-refractivity contribution in [1.82, 2.24) is 29.7 Å². The van der Waals surface area contributed by atoms with Gasteiger partial charge >= 0.3 is 0 Å². The van der Waals surface area contributed by atoms with Crippen molar-refractivity contribution in [1.29, 1.82) is 0 Å². The molecule has 1 saturated heterocycles. The molecule has 4 aromatic rings. The Hall–Kier alpha value is -3.33. The van der Waals surface area contributed by atoms with E-state index in [0.29, 0.717) is 24.1 Å². The van der Waals surface area contributed by atoms with E-state index in [-0.39, 0.29) is 5.92 Å². The Kier molecular flexibility index (Phi) is 4.65. The number of aromatic nitrogens is 6. The molecule has 0 amide bonds. The van der Waals surface area contributed by atoms with Crippen molar-refractivity contribution in [3.8, 4) is 11.4 Å². The Bertz CT molecular complexity index is 1100.